The summed E-state index contributed by atoms with van der Waals surface area (Å²) in [5.41, 5.74) is -2.59. The summed E-state index contributed by atoms with van der Waals surface area (Å²) in [5, 5.41) is 35.4. The zero-order chi connectivity index (χ0) is 30.1. The fourth-order valence-corrected chi connectivity index (χ4v) is 10.3. The fourth-order valence-electron chi connectivity index (χ4n) is 10.3. The molecule has 0 amide bonds. The van der Waals surface area contributed by atoms with Gasteiger partial charge in [0, 0.05) is 38.4 Å². The highest BCUT2D eigenvalue weighted by Gasteiger charge is 2.72. The number of esters is 2. The second kappa shape index (κ2) is 10.6. The number of nitriles is 1. The predicted molar refractivity (Wildman–Crippen MR) is 147 cm³/mol. The molecule has 42 heavy (non-hydrogen) atoms. The SMILES string of the molecule is CO[C@@H]1C[C@H](O[C@@H]2CC[C@]3(C#N)[C@H]4CC[C@]5(C)[C@H](C6=CC(=O)OC6)CC[C@]5(O)[C@@H]4CC[C@]3(O)C2)O[C@@H](C)[C@@H]1OC(C)=O. The first-order valence-corrected chi connectivity index (χ1v) is 15.6. The van der Waals surface area contributed by atoms with Crippen LogP contribution < -0.4 is 0 Å². The van der Waals surface area contributed by atoms with Gasteiger partial charge in [0.2, 0.25) is 0 Å². The minimum Gasteiger partial charge on any atom is -0.458 e. The molecule has 0 radical (unpaired) electrons. The summed E-state index contributed by atoms with van der Waals surface area (Å²) >= 11 is 0. The van der Waals surface area contributed by atoms with Crippen molar-refractivity contribution in [1.29, 1.82) is 5.26 Å². The molecule has 0 unspecified atom stereocenters. The normalized spacial score (nSPS) is 50.0. The van der Waals surface area contributed by atoms with Crippen LogP contribution in [0.1, 0.15) is 85.0 Å². The second-order valence-corrected chi connectivity index (χ2v) is 14.0. The number of methoxy groups -OCH3 is 1. The first kappa shape index (κ1) is 30.0. The Bertz CT molecular complexity index is 1180. The predicted octanol–water partition coefficient (Wildman–Crippen LogP) is 3.33. The van der Waals surface area contributed by atoms with Crippen molar-refractivity contribution in [3.63, 3.8) is 0 Å². The van der Waals surface area contributed by atoms with E-state index in [4.69, 9.17) is 23.7 Å². The lowest BCUT2D eigenvalue weighted by atomic mass is 9.41. The number of hydrogen-bond acceptors (Lipinski definition) is 10. The first-order chi connectivity index (χ1) is 19.9. The summed E-state index contributed by atoms with van der Waals surface area (Å²) in [4.78, 5) is 23.4. The maximum Gasteiger partial charge on any atom is 0.331 e. The number of carbonyl (C=O) groups is 2. The van der Waals surface area contributed by atoms with E-state index in [9.17, 15) is 25.1 Å². The molecule has 1 saturated heterocycles. The van der Waals surface area contributed by atoms with Crippen LogP contribution in [0.4, 0.5) is 0 Å². The standard InChI is InChI=1S/C32H45NO9/c1-18-28(41-19(2)34)25(38-4)14-27(40-18)42-21-5-10-30(17-33)23-6-9-29(3)22(20-13-26(35)39-16-20)8-12-32(29,37)24(23)7-11-31(30,36)15-21/h13,18,21-25,27-28,36-37H,5-12,14-16H2,1-4H3/t18-,21+,22-,23-,24+,25+,27-,28-,29+,30-,31-,32-/m0/s1. The van der Waals surface area contributed by atoms with E-state index in [-0.39, 0.29) is 35.9 Å². The van der Waals surface area contributed by atoms with Gasteiger partial charge in [0.1, 0.15) is 12.7 Å². The van der Waals surface area contributed by atoms with Crippen molar-refractivity contribution >= 4 is 11.9 Å². The monoisotopic (exact) mass is 587 g/mol. The number of nitrogens with zero attached hydrogens (tertiary/aromatic N) is 1. The number of hydrogen-bond donors (Lipinski definition) is 2. The van der Waals surface area contributed by atoms with E-state index in [1.807, 2.05) is 6.92 Å². The van der Waals surface area contributed by atoms with Gasteiger partial charge in [-0.15, -0.1) is 0 Å². The Hall–Kier alpha value is -2.03. The molecular formula is C32H45NO9. The Morgan fingerprint density at radius 3 is 2.55 bits per heavy atom. The second-order valence-electron chi connectivity index (χ2n) is 14.0. The van der Waals surface area contributed by atoms with Crippen LogP contribution in [-0.4, -0.2) is 77.8 Å². The Balaban J connectivity index is 1.18. The molecule has 0 aromatic rings. The molecule has 2 N–H and O–H groups in total. The zero-order valence-electron chi connectivity index (χ0n) is 25.2. The Kier molecular flexibility index (Phi) is 7.54. The summed E-state index contributed by atoms with van der Waals surface area (Å²) < 4.78 is 28.7. The van der Waals surface area contributed by atoms with E-state index in [1.54, 1.807) is 13.2 Å². The number of ether oxygens (including phenoxy) is 5. The highest BCUT2D eigenvalue weighted by Crippen LogP contribution is 2.70. The van der Waals surface area contributed by atoms with Crippen LogP contribution in [0, 0.1) is 39.9 Å². The molecule has 6 aliphatic rings. The molecule has 4 aliphatic carbocycles. The van der Waals surface area contributed by atoms with Gasteiger partial charge < -0.3 is 33.9 Å². The molecule has 10 nitrogen and oxygen atoms in total. The molecule has 10 heteroatoms. The first-order valence-electron chi connectivity index (χ1n) is 15.6. The molecule has 0 bridgehead atoms. The molecule has 6 rings (SSSR count). The van der Waals surface area contributed by atoms with Crippen molar-refractivity contribution in [3.05, 3.63) is 11.6 Å². The lowest BCUT2D eigenvalue weighted by Crippen LogP contribution is -2.68. The third-order valence-electron chi connectivity index (χ3n) is 12.3. The molecule has 2 aliphatic heterocycles. The molecule has 5 fully saturated rings. The smallest absolute Gasteiger partial charge is 0.331 e. The third-order valence-corrected chi connectivity index (χ3v) is 12.3. The molecule has 232 valence electrons. The van der Waals surface area contributed by atoms with E-state index in [1.165, 1.54) is 6.92 Å². The molecule has 0 aromatic carbocycles. The lowest BCUT2D eigenvalue weighted by molar-refractivity contribution is -0.288. The average molecular weight is 588 g/mol. The van der Waals surface area contributed by atoms with E-state index in [0.29, 0.717) is 51.6 Å². The third kappa shape index (κ3) is 4.37. The van der Waals surface area contributed by atoms with E-state index < -0.39 is 46.5 Å². The van der Waals surface area contributed by atoms with Gasteiger partial charge >= 0.3 is 11.9 Å². The summed E-state index contributed by atoms with van der Waals surface area (Å²) in [7, 11) is 1.58. The Morgan fingerprint density at radius 2 is 1.88 bits per heavy atom. The topological polar surface area (TPSA) is 145 Å². The minimum atomic E-state index is -1.23. The van der Waals surface area contributed by atoms with Crippen molar-refractivity contribution in [2.75, 3.05) is 13.7 Å². The largest absolute Gasteiger partial charge is 0.458 e. The Morgan fingerprint density at radius 1 is 1.12 bits per heavy atom. The quantitative estimate of drug-likeness (QED) is 0.363. The number of cyclic esters (lactones) is 1. The number of aliphatic hydroxyl groups is 2. The number of fused-ring (bicyclic) bond motifs is 5. The van der Waals surface area contributed by atoms with Gasteiger partial charge in [-0.25, -0.2) is 4.79 Å². The number of carbonyl (C=O) groups excluding carboxylic acids is 2. The molecule has 2 heterocycles. The summed E-state index contributed by atoms with van der Waals surface area (Å²) in [6, 6.07) is 2.62. The minimum absolute atomic E-state index is 0.0761. The van der Waals surface area contributed by atoms with E-state index in [0.717, 1.165) is 24.8 Å². The van der Waals surface area contributed by atoms with Gasteiger partial charge in [-0.05, 0) is 81.6 Å². The summed E-state index contributed by atoms with van der Waals surface area (Å²) in [6.07, 6.45) is 5.16. The van der Waals surface area contributed by atoms with Crippen LogP contribution in [0.2, 0.25) is 0 Å². The fraction of sp³-hybridized carbons (Fsp3) is 0.844. The average Bonchev–Trinajstić information content (AvgIpc) is 3.48. The lowest BCUT2D eigenvalue weighted by Gasteiger charge is -2.64. The van der Waals surface area contributed by atoms with Crippen LogP contribution in [-0.2, 0) is 33.3 Å². The summed E-state index contributed by atoms with van der Waals surface area (Å²) in [5.74, 6) is -0.844. The number of rotatable bonds is 5. The van der Waals surface area contributed by atoms with Gasteiger partial charge in [-0.1, -0.05) is 6.92 Å². The molecule has 12 atom stereocenters. The van der Waals surface area contributed by atoms with Crippen molar-refractivity contribution in [1.82, 2.24) is 0 Å². The van der Waals surface area contributed by atoms with Crippen LogP contribution >= 0.6 is 0 Å². The van der Waals surface area contributed by atoms with Crippen LogP contribution in [0.15, 0.2) is 11.6 Å². The van der Waals surface area contributed by atoms with Crippen LogP contribution in [0.5, 0.6) is 0 Å². The van der Waals surface area contributed by atoms with Gasteiger partial charge in [-0.2, -0.15) is 5.26 Å². The van der Waals surface area contributed by atoms with Crippen LogP contribution in [0.25, 0.3) is 0 Å². The highest BCUT2D eigenvalue weighted by molar-refractivity contribution is 5.85. The van der Waals surface area contributed by atoms with E-state index >= 15 is 0 Å². The van der Waals surface area contributed by atoms with Crippen molar-refractivity contribution in [2.45, 2.75) is 127 Å². The zero-order valence-corrected chi connectivity index (χ0v) is 25.2. The molecular weight excluding hydrogens is 542 g/mol. The maximum atomic E-state index is 12.4. The molecule has 4 saturated carbocycles. The van der Waals surface area contributed by atoms with Crippen molar-refractivity contribution < 1.29 is 43.5 Å². The Labute approximate surface area is 247 Å². The van der Waals surface area contributed by atoms with Crippen molar-refractivity contribution in [3.8, 4) is 6.07 Å². The van der Waals surface area contributed by atoms with Gasteiger partial charge in [0.25, 0.3) is 0 Å². The van der Waals surface area contributed by atoms with Gasteiger partial charge in [0.15, 0.2) is 12.4 Å². The molecule has 0 spiro atoms. The summed E-state index contributed by atoms with van der Waals surface area (Å²) in [6.45, 7) is 5.64. The van der Waals surface area contributed by atoms with E-state index in [2.05, 4.69) is 13.0 Å². The maximum absolute atomic E-state index is 12.4. The van der Waals surface area contributed by atoms with Crippen LogP contribution in [0.3, 0.4) is 0 Å². The molecule has 0 aromatic heterocycles. The highest BCUT2D eigenvalue weighted by atomic mass is 16.7. The van der Waals surface area contributed by atoms with Gasteiger partial charge in [-0.3, -0.25) is 4.79 Å². The van der Waals surface area contributed by atoms with Gasteiger partial charge in [0.05, 0.1) is 34.9 Å². The van der Waals surface area contributed by atoms with Crippen molar-refractivity contribution in [2.24, 2.45) is 28.6 Å².